The number of hydrogen-bond acceptors (Lipinski definition) is 5. The third kappa shape index (κ3) is 7.81. The van der Waals surface area contributed by atoms with E-state index in [1.54, 1.807) is 0 Å². The number of thiophene rings is 1. The van der Waals surface area contributed by atoms with Crippen LogP contribution in [-0.4, -0.2) is 39.5 Å². The molecule has 8 heteroatoms. The van der Waals surface area contributed by atoms with E-state index in [2.05, 4.69) is 0 Å². The van der Waals surface area contributed by atoms with Crippen LogP contribution >= 0.6 is 34.5 Å². The highest BCUT2D eigenvalue weighted by Crippen LogP contribution is 2.41. The molecule has 0 saturated heterocycles. The van der Waals surface area contributed by atoms with Gasteiger partial charge in [-0.1, -0.05) is 42.3 Å². The lowest BCUT2D eigenvalue weighted by atomic mass is 9.78. The number of carbonyl (C=O) groups excluding carboxylic acids is 1. The van der Waals surface area contributed by atoms with Crippen LogP contribution in [0.3, 0.4) is 0 Å². The van der Waals surface area contributed by atoms with Crippen LogP contribution < -0.4 is 5.73 Å². The molecule has 170 valence electrons. The molecule has 1 saturated carbocycles. The number of carbonyl (C=O) groups is 1. The summed E-state index contributed by atoms with van der Waals surface area (Å²) >= 11 is 13.5. The Morgan fingerprint density at radius 2 is 2.07 bits per heavy atom. The molecule has 1 aromatic rings. The molecular weight excluding hydrogens is 445 g/mol. The van der Waals surface area contributed by atoms with Gasteiger partial charge in [-0.3, -0.25) is 4.79 Å². The number of halogens is 2. The summed E-state index contributed by atoms with van der Waals surface area (Å²) in [7, 11) is 0. The molecule has 1 aliphatic carbocycles. The van der Waals surface area contributed by atoms with E-state index in [9.17, 15) is 20.1 Å². The fourth-order valence-electron chi connectivity index (χ4n) is 4.57. The van der Waals surface area contributed by atoms with Gasteiger partial charge in [-0.25, -0.2) is 0 Å². The van der Waals surface area contributed by atoms with Crippen LogP contribution in [0.5, 0.6) is 0 Å². The maximum absolute atomic E-state index is 10.8. The van der Waals surface area contributed by atoms with Crippen LogP contribution in [0.15, 0.2) is 18.2 Å². The lowest BCUT2D eigenvalue weighted by molar-refractivity contribution is -0.118. The smallest absolute Gasteiger partial charge is 0.217 e. The number of nitrogens with two attached hydrogens (primary N) is 1. The molecule has 2 rings (SSSR count). The van der Waals surface area contributed by atoms with E-state index in [1.807, 2.05) is 25.1 Å². The standard InChI is InChI=1S/C22H33Cl2NO4S/c1-13(10-15(26)9-8-14-11-19(23)30-22(14)24)21-16(17(27)12-18(21)28)6-4-2-3-5-7-20(25)29/h2,4,11,13,15-18,21,26-28H,3,5-10,12H2,1H3,(H2,25,29). The van der Waals surface area contributed by atoms with Crippen LogP contribution in [0.25, 0.3) is 0 Å². The van der Waals surface area contributed by atoms with Gasteiger partial charge in [-0.2, -0.15) is 0 Å². The first kappa shape index (κ1) is 25.6. The second-order valence-corrected chi connectivity index (χ2v) is 10.7. The highest BCUT2D eigenvalue weighted by molar-refractivity contribution is 7.20. The Hall–Kier alpha value is -0.630. The fraction of sp³-hybridized carbons (Fsp3) is 0.682. The minimum atomic E-state index is -0.569. The first-order valence-corrected chi connectivity index (χ1v) is 12.2. The molecule has 5 nitrogen and oxygen atoms in total. The van der Waals surface area contributed by atoms with E-state index in [0.29, 0.717) is 53.6 Å². The van der Waals surface area contributed by atoms with Crippen LogP contribution in [0, 0.1) is 17.8 Å². The van der Waals surface area contributed by atoms with Gasteiger partial charge in [0.2, 0.25) is 5.91 Å². The van der Waals surface area contributed by atoms with Crippen LogP contribution in [-0.2, 0) is 11.2 Å². The van der Waals surface area contributed by atoms with Crippen molar-refractivity contribution >= 4 is 40.4 Å². The van der Waals surface area contributed by atoms with E-state index < -0.39 is 18.3 Å². The SMILES string of the molecule is CC(CC(O)CCc1cc(Cl)sc1Cl)C1C(O)CC(O)C1CC=CCCCC(N)=O. The molecule has 0 spiro atoms. The number of hydrogen-bond donors (Lipinski definition) is 4. The highest BCUT2D eigenvalue weighted by atomic mass is 35.5. The Bertz CT molecular complexity index is 711. The first-order valence-electron chi connectivity index (χ1n) is 10.6. The molecule has 1 heterocycles. The van der Waals surface area contributed by atoms with Crippen LogP contribution in [0.2, 0.25) is 8.67 Å². The average molecular weight is 478 g/mol. The molecule has 0 aliphatic heterocycles. The molecule has 0 bridgehead atoms. The molecule has 0 aromatic carbocycles. The van der Waals surface area contributed by atoms with Crippen molar-refractivity contribution in [2.45, 2.75) is 76.6 Å². The van der Waals surface area contributed by atoms with Gasteiger partial charge in [-0.15, -0.1) is 11.3 Å². The molecule has 1 fully saturated rings. The summed E-state index contributed by atoms with van der Waals surface area (Å²) < 4.78 is 1.31. The zero-order valence-corrected chi connectivity index (χ0v) is 19.7. The van der Waals surface area contributed by atoms with Crippen LogP contribution in [0.1, 0.15) is 57.4 Å². The number of primary amides is 1. The predicted molar refractivity (Wildman–Crippen MR) is 123 cm³/mol. The maximum atomic E-state index is 10.8. The van der Waals surface area contributed by atoms with Crippen molar-refractivity contribution in [3.63, 3.8) is 0 Å². The molecule has 1 amide bonds. The summed E-state index contributed by atoms with van der Waals surface area (Å²) in [5.41, 5.74) is 6.09. The largest absolute Gasteiger partial charge is 0.393 e. The second kappa shape index (κ2) is 12.4. The lowest BCUT2D eigenvalue weighted by Crippen LogP contribution is -2.30. The van der Waals surface area contributed by atoms with Gasteiger partial charge in [0.1, 0.15) is 0 Å². The number of aliphatic hydroxyl groups excluding tert-OH is 3. The molecule has 6 unspecified atom stereocenters. The van der Waals surface area contributed by atoms with Gasteiger partial charge in [0.05, 0.1) is 27.0 Å². The molecule has 1 aromatic heterocycles. The normalized spacial score (nSPS) is 26.3. The molecule has 30 heavy (non-hydrogen) atoms. The zero-order valence-electron chi connectivity index (χ0n) is 17.3. The van der Waals surface area contributed by atoms with Gasteiger partial charge in [0.15, 0.2) is 0 Å². The van der Waals surface area contributed by atoms with E-state index in [4.69, 9.17) is 28.9 Å². The van der Waals surface area contributed by atoms with Gasteiger partial charge < -0.3 is 21.1 Å². The average Bonchev–Trinajstić information content (AvgIpc) is 3.12. The number of amides is 1. The zero-order chi connectivity index (χ0) is 22.3. The first-order chi connectivity index (χ1) is 14.2. The van der Waals surface area contributed by atoms with Gasteiger partial charge in [-0.05, 0) is 74.3 Å². The van der Waals surface area contributed by atoms with Crippen LogP contribution in [0.4, 0.5) is 0 Å². The van der Waals surface area contributed by atoms with Crippen molar-refractivity contribution in [3.8, 4) is 0 Å². The summed E-state index contributed by atoms with van der Waals surface area (Å²) in [5.74, 6) is -0.333. The third-order valence-electron chi connectivity index (χ3n) is 6.06. The summed E-state index contributed by atoms with van der Waals surface area (Å²) in [6.07, 6.45) is 7.08. The predicted octanol–water partition coefficient (Wildman–Crippen LogP) is 4.33. The Labute approximate surface area is 192 Å². The van der Waals surface area contributed by atoms with E-state index >= 15 is 0 Å². The number of allylic oxidation sites excluding steroid dienone is 2. The Kier molecular flexibility index (Phi) is 10.6. The van der Waals surface area contributed by atoms with Gasteiger partial charge in [0.25, 0.3) is 0 Å². The topological polar surface area (TPSA) is 104 Å². The van der Waals surface area contributed by atoms with E-state index in [-0.39, 0.29) is 23.7 Å². The number of rotatable bonds is 12. The van der Waals surface area contributed by atoms with Gasteiger partial charge in [0, 0.05) is 6.42 Å². The minimum Gasteiger partial charge on any atom is -0.393 e. The Morgan fingerprint density at radius 3 is 2.70 bits per heavy atom. The van der Waals surface area contributed by atoms with Crippen molar-refractivity contribution < 1.29 is 20.1 Å². The molecule has 6 atom stereocenters. The lowest BCUT2D eigenvalue weighted by Gasteiger charge is -2.30. The van der Waals surface area contributed by atoms with Crippen molar-refractivity contribution in [1.29, 1.82) is 0 Å². The quantitative estimate of drug-likeness (QED) is 0.265. The Morgan fingerprint density at radius 1 is 1.33 bits per heavy atom. The maximum Gasteiger partial charge on any atom is 0.217 e. The van der Waals surface area contributed by atoms with Gasteiger partial charge >= 0.3 is 0 Å². The highest BCUT2D eigenvalue weighted by Gasteiger charge is 2.43. The molecular formula is C22H33Cl2NO4S. The van der Waals surface area contributed by atoms with E-state index in [1.165, 1.54) is 11.3 Å². The third-order valence-corrected chi connectivity index (χ3v) is 7.63. The molecule has 0 radical (unpaired) electrons. The molecule has 1 aliphatic rings. The van der Waals surface area contributed by atoms with Crippen molar-refractivity contribution in [3.05, 3.63) is 32.5 Å². The summed E-state index contributed by atoms with van der Waals surface area (Å²) in [6.45, 7) is 2.03. The summed E-state index contributed by atoms with van der Waals surface area (Å²) in [5, 5.41) is 31.5. The van der Waals surface area contributed by atoms with E-state index in [0.717, 1.165) is 12.0 Å². The van der Waals surface area contributed by atoms with Crippen molar-refractivity contribution in [1.82, 2.24) is 0 Å². The number of unbranched alkanes of at least 4 members (excludes halogenated alkanes) is 1. The number of aliphatic hydroxyl groups is 3. The monoisotopic (exact) mass is 477 g/mol. The minimum absolute atomic E-state index is 0.0419. The molecule has 5 N–H and O–H groups in total. The van der Waals surface area contributed by atoms with Crippen molar-refractivity contribution in [2.75, 3.05) is 0 Å². The van der Waals surface area contributed by atoms with Crippen molar-refractivity contribution in [2.24, 2.45) is 23.5 Å². The number of aryl methyl sites for hydroxylation is 1. The summed E-state index contributed by atoms with van der Waals surface area (Å²) in [6, 6.07) is 1.84. The Balaban J connectivity index is 1.84. The second-order valence-electron chi connectivity index (χ2n) is 8.43. The summed E-state index contributed by atoms with van der Waals surface area (Å²) in [4.78, 5) is 10.8. The fourth-order valence-corrected chi connectivity index (χ4v) is 6.12.